The lowest BCUT2D eigenvalue weighted by Gasteiger charge is -2.39. The second-order valence-electron chi connectivity index (χ2n) is 7.94. The molecule has 0 saturated carbocycles. The summed E-state index contributed by atoms with van der Waals surface area (Å²) in [5.74, 6) is 0.920. The third-order valence-electron chi connectivity index (χ3n) is 5.41. The predicted molar refractivity (Wildman–Crippen MR) is 125 cm³/mol. The summed E-state index contributed by atoms with van der Waals surface area (Å²) in [4.78, 5) is 25.3. The SMILES string of the molecule is CC(C)Oc1ccccc1N1CCN(C(C=O)Cc2csc(-c3ccncc3)n2)CC1. The Morgan fingerprint density at radius 3 is 2.55 bits per heavy atom. The highest BCUT2D eigenvalue weighted by molar-refractivity contribution is 7.13. The molecule has 1 atom stereocenters. The number of para-hydroxylation sites is 2. The molecule has 2 aromatic heterocycles. The zero-order chi connectivity index (χ0) is 21.6. The minimum Gasteiger partial charge on any atom is -0.489 e. The van der Waals surface area contributed by atoms with Crippen LogP contribution in [0.15, 0.2) is 54.2 Å². The van der Waals surface area contributed by atoms with Crippen LogP contribution >= 0.6 is 11.3 Å². The highest BCUT2D eigenvalue weighted by Gasteiger charge is 2.26. The highest BCUT2D eigenvalue weighted by Crippen LogP contribution is 2.30. The Morgan fingerprint density at radius 2 is 1.84 bits per heavy atom. The van der Waals surface area contributed by atoms with Gasteiger partial charge in [-0.1, -0.05) is 12.1 Å². The number of anilines is 1. The second-order valence-corrected chi connectivity index (χ2v) is 8.80. The van der Waals surface area contributed by atoms with Crippen LogP contribution in [0.25, 0.3) is 10.6 Å². The molecule has 31 heavy (non-hydrogen) atoms. The van der Waals surface area contributed by atoms with E-state index in [1.807, 2.05) is 44.2 Å². The van der Waals surface area contributed by atoms with E-state index in [4.69, 9.17) is 9.72 Å². The van der Waals surface area contributed by atoms with Gasteiger partial charge in [-0.2, -0.15) is 0 Å². The monoisotopic (exact) mass is 436 g/mol. The van der Waals surface area contributed by atoms with E-state index in [2.05, 4.69) is 26.2 Å². The summed E-state index contributed by atoms with van der Waals surface area (Å²) >= 11 is 1.61. The van der Waals surface area contributed by atoms with Crippen LogP contribution in [0, 0.1) is 0 Å². The maximum Gasteiger partial charge on any atom is 0.142 e. The van der Waals surface area contributed by atoms with Gasteiger partial charge in [-0.3, -0.25) is 9.88 Å². The van der Waals surface area contributed by atoms with Crippen LogP contribution in [0.1, 0.15) is 19.5 Å². The Morgan fingerprint density at radius 1 is 1.10 bits per heavy atom. The fraction of sp³-hybridized carbons (Fsp3) is 0.375. The van der Waals surface area contributed by atoms with Crippen molar-refractivity contribution in [3.8, 4) is 16.3 Å². The van der Waals surface area contributed by atoms with Gasteiger partial charge in [0.25, 0.3) is 0 Å². The summed E-state index contributed by atoms with van der Waals surface area (Å²) in [6, 6.07) is 12.0. The van der Waals surface area contributed by atoms with Gasteiger partial charge in [0.05, 0.1) is 23.5 Å². The largest absolute Gasteiger partial charge is 0.489 e. The maximum atomic E-state index is 11.9. The van der Waals surface area contributed by atoms with Crippen molar-refractivity contribution in [2.24, 2.45) is 0 Å². The Balaban J connectivity index is 1.38. The quantitative estimate of drug-likeness (QED) is 0.499. The van der Waals surface area contributed by atoms with E-state index >= 15 is 0 Å². The molecule has 1 unspecified atom stereocenters. The van der Waals surface area contributed by atoms with Crippen molar-refractivity contribution in [1.82, 2.24) is 14.9 Å². The van der Waals surface area contributed by atoms with Crippen molar-refractivity contribution < 1.29 is 9.53 Å². The molecule has 0 amide bonds. The number of ether oxygens (including phenoxy) is 1. The Labute approximate surface area is 187 Å². The number of aldehydes is 1. The van der Waals surface area contributed by atoms with Crippen LogP contribution in [0.5, 0.6) is 5.75 Å². The number of hydrogen-bond acceptors (Lipinski definition) is 7. The van der Waals surface area contributed by atoms with Crippen molar-refractivity contribution in [2.45, 2.75) is 32.4 Å². The molecule has 0 N–H and O–H groups in total. The van der Waals surface area contributed by atoms with Crippen LogP contribution in [0.4, 0.5) is 5.69 Å². The smallest absolute Gasteiger partial charge is 0.142 e. The molecule has 3 heterocycles. The molecule has 1 aromatic carbocycles. The number of carbonyl (C=O) groups excluding carboxylic acids is 1. The summed E-state index contributed by atoms with van der Waals surface area (Å²) in [7, 11) is 0. The van der Waals surface area contributed by atoms with E-state index < -0.39 is 0 Å². The third kappa shape index (κ3) is 5.29. The molecule has 1 saturated heterocycles. The van der Waals surface area contributed by atoms with Crippen molar-refractivity contribution in [3.05, 3.63) is 59.9 Å². The average Bonchev–Trinajstić information content (AvgIpc) is 3.27. The summed E-state index contributed by atoms with van der Waals surface area (Å²) in [5.41, 5.74) is 3.15. The number of rotatable bonds is 8. The molecule has 0 spiro atoms. The molecular formula is C24H28N4O2S. The first-order valence-corrected chi connectivity index (χ1v) is 11.6. The van der Waals surface area contributed by atoms with Gasteiger partial charge in [0, 0.05) is 55.9 Å². The first-order valence-electron chi connectivity index (χ1n) is 10.7. The normalized spacial score (nSPS) is 15.8. The van der Waals surface area contributed by atoms with Crippen LogP contribution < -0.4 is 9.64 Å². The number of aromatic nitrogens is 2. The van der Waals surface area contributed by atoms with Gasteiger partial charge in [-0.25, -0.2) is 4.98 Å². The van der Waals surface area contributed by atoms with Gasteiger partial charge in [0.15, 0.2) is 0 Å². The Bertz CT molecular complexity index is 984. The first kappa shape index (κ1) is 21.5. The van der Waals surface area contributed by atoms with Gasteiger partial charge in [0.2, 0.25) is 0 Å². The lowest BCUT2D eigenvalue weighted by atomic mass is 10.1. The van der Waals surface area contributed by atoms with Crippen molar-refractivity contribution in [3.63, 3.8) is 0 Å². The Hall–Kier alpha value is -2.77. The minimum atomic E-state index is -0.156. The number of piperazine rings is 1. The van der Waals surface area contributed by atoms with E-state index in [-0.39, 0.29) is 12.1 Å². The van der Waals surface area contributed by atoms with Gasteiger partial charge >= 0.3 is 0 Å². The van der Waals surface area contributed by atoms with Gasteiger partial charge in [-0.05, 0) is 38.1 Å². The summed E-state index contributed by atoms with van der Waals surface area (Å²) in [6.07, 6.45) is 5.38. The summed E-state index contributed by atoms with van der Waals surface area (Å²) in [6.45, 7) is 7.48. The molecule has 1 aliphatic heterocycles. The van der Waals surface area contributed by atoms with Crippen LogP contribution in [-0.2, 0) is 11.2 Å². The number of hydrogen-bond donors (Lipinski definition) is 0. The molecule has 0 bridgehead atoms. The van der Waals surface area contributed by atoms with E-state index in [1.54, 1.807) is 23.7 Å². The van der Waals surface area contributed by atoms with E-state index in [9.17, 15) is 4.79 Å². The van der Waals surface area contributed by atoms with Gasteiger partial charge in [0.1, 0.15) is 17.0 Å². The molecule has 4 rings (SSSR count). The molecule has 6 nitrogen and oxygen atoms in total. The predicted octanol–water partition coefficient (Wildman–Crippen LogP) is 3.92. The number of carbonyl (C=O) groups is 1. The fourth-order valence-electron chi connectivity index (χ4n) is 3.87. The summed E-state index contributed by atoms with van der Waals surface area (Å²) in [5, 5.41) is 3.02. The van der Waals surface area contributed by atoms with E-state index in [1.165, 1.54) is 0 Å². The molecule has 1 fully saturated rings. The van der Waals surface area contributed by atoms with E-state index in [0.717, 1.165) is 60.2 Å². The van der Waals surface area contributed by atoms with E-state index in [0.29, 0.717) is 6.42 Å². The topological polar surface area (TPSA) is 58.6 Å². The fourth-order valence-corrected chi connectivity index (χ4v) is 4.71. The lowest BCUT2D eigenvalue weighted by Crippen LogP contribution is -2.51. The lowest BCUT2D eigenvalue weighted by molar-refractivity contribution is -0.112. The first-order chi connectivity index (χ1) is 15.1. The molecular weight excluding hydrogens is 408 g/mol. The Kier molecular flexibility index (Phi) is 6.94. The zero-order valence-corrected chi connectivity index (χ0v) is 18.8. The molecule has 162 valence electrons. The van der Waals surface area contributed by atoms with Crippen LogP contribution in [-0.4, -0.2) is 59.5 Å². The molecule has 7 heteroatoms. The molecule has 3 aromatic rings. The van der Waals surface area contributed by atoms with Gasteiger partial charge < -0.3 is 14.4 Å². The highest BCUT2D eigenvalue weighted by atomic mass is 32.1. The van der Waals surface area contributed by atoms with Crippen LogP contribution in [0.3, 0.4) is 0 Å². The van der Waals surface area contributed by atoms with Crippen molar-refractivity contribution >= 4 is 23.3 Å². The van der Waals surface area contributed by atoms with Crippen molar-refractivity contribution in [2.75, 3.05) is 31.1 Å². The number of nitrogens with zero attached hydrogens (tertiary/aromatic N) is 4. The van der Waals surface area contributed by atoms with Crippen LogP contribution in [0.2, 0.25) is 0 Å². The average molecular weight is 437 g/mol. The number of benzene rings is 1. The summed E-state index contributed by atoms with van der Waals surface area (Å²) < 4.78 is 5.99. The number of thiazole rings is 1. The molecule has 0 radical (unpaired) electrons. The standard InChI is InChI=1S/C24H28N4O2S/c1-18(2)30-23-6-4-3-5-22(23)28-13-11-27(12-14-28)21(16-29)15-20-17-31-24(26-20)19-7-9-25-10-8-19/h3-10,16-18,21H,11-15H2,1-2H3. The minimum absolute atomic E-state index is 0.136. The number of pyridine rings is 1. The molecule has 1 aliphatic rings. The second kappa shape index (κ2) is 10.0. The van der Waals surface area contributed by atoms with Gasteiger partial charge in [-0.15, -0.1) is 11.3 Å². The van der Waals surface area contributed by atoms with Crippen molar-refractivity contribution in [1.29, 1.82) is 0 Å². The maximum absolute atomic E-state index is 11.9. The third-order valence-corrected chi connectivity index (χ3v) is 6.35. The molecule has 0 aliphatic carbocycles. The zero-order valence-electron chi connectivity index (χ0n) is 18.0.